The highest BCUT2D eigenvalue weighted by Crippen LogP contribution is 2.41. The smallest absolute Gasteiger partial charge is 0.315 e. The van der Waals surface area contributed by atoms with E-state index in [-0.39, 0.29) is 30.4 Å². The van der Waals surface area contributed by atoms with Crippen molar-refractivity contribution in [3.63, 3.8) is 0 Å². The van der Waals surface area contributed by atoms with Crippen molar-refractivity contribution in [2.75, 3.05) is 6.54 Å². The van der Waals surface area contributed by atoms with Crippen LogP contribution in [0, 0.1) is 5.82 Å². The Bertz CT molecular complexity index is 688. The van der Waals surface area contributed by atoms with E-state index in [4.69, 9.17) is 0 Å². The van der Waals surface area contributed by atoms with Gasteiger partial charge in [0.2, 0.25) is 0 Å². The third kappa shape index (κ3) is 3.71. The van der Waals surface area contributed by atoms with Crippen LogP contribution >= 0.6 is 11.3 Å². The van der Waals surface area contributed by atoms with Gasteiger partial charge in [-0.15, -0.1) is 0 Å². The summed E-state index contributed by atoms with van der Waals surface area (Å²) in [7, 11) is 0. The lowest BCUT2D eigenvalue weighted by Crippen LogP contribution is -2.44. The van der Waals surface area contributed by atoms with Crippen molar-refractivity contribution in [3.05, 3.63) is 58.0 Å². The zero-order valence-corrected chi connectivity index (χ0v) is 13.6. The fraction of sp³-hybridized carbons (Fsp3) is 0.353. The molecule has 3 atom stereocenters. The van der Waals surface area contributed by atoms with Gasteiger partial charge in [0.1, 0.15) is 11.4 Å². The van der Waals surface area contributed by atoms with E-state index in [9.17, 15) is 14.3 Å². The number of aliphatic hydroxyl groups is 1. The largest absolute Gasteiger partial charge is 0.384 e. The summed E-state index contributed by atoms with van der Waals surface area (Å²) in [6.45, 7) is 1.78. The number of carbonyl (C=O) groups is 1. The molecule has 1 fully saturated rings. The molecule has 1 aliphatic carbocycles. The first-order valence-electron chi connectivity index (χ1n) is 7.51. The number of carbonyl (C=O) groups excluding carboxylic acids is 1. The van der Waals surface area contributed by atoms with Gasteiger partial charge in [-0.2, -0.15) is 11.3 Å². The van der Waals surface area contributed by atoms with Gasteiger partial charge in [0.15, 0.2) is 0 Å². The van der Waals surface area contributed by atoms with Crippen LogP contribution in [0.5, 0.6) is 0 Å². The molecule has 1 saturated carbocycles. The number of halogens is 1. The van der Waals surface area contributed by atoms with Crippen LogP contribution in [0.3, 0.4) is 0 Å². The van der Waals surface area contributed by atoms with Gasteiger partial charge >= 0.3 is 6.03 Å². The number of rotatable bonds is 5. The van der Waals surface area contributed by atoms with Crippen molar-refractivity contribution in [3.8, 4) is 0 Å². The van der Waals surface area contributed by atoms with Crippen molar-refractivity contribution in [2.45, 2.75) is 30.9 Å². The van der Waals surface area contributed by atoms with Gasteiger partial charge in [-0.25, -0.2) is 9.18 Å². The third-order valence-electron chi connectivity index (χ3n) is 4.15. The predicted octanol–water partition coefficient (Wildman–Crippen LogP) is 2.95. The lowest BCUT2D eigenvalue weighted by molar-refractivity contribution is 0.0598. The predicted molar refractivity (Wildman–Crippen MR) is 88.0 cm³/mol. The molecule has 1 aliphatic rings. The van der Waals surface area contributed by atoms with Crippen molar-refractivity contribution >= 4 is 17.4 Å². The van der Waals surface area contributed by atoms with Crippen LogP contribution in [0.2, 0.25) is 0 Å². The van der Waals surface area contributed by atoms with Crippen molar-refractivity contribution in [2.24, 2.45) is 0 Å². The number of benzene rings is 1. The summed E-state index contributed by atoms with van der Waals surface area (Å²) in [5.74, 6) is -0.207. The normalized spacial score (nSPS) is 22.2. The van der Waals surface area contributed by atoms with Crippen LogP contribution in [0.15, 0.2) is 41.1 Å². The minimum atomic E-state index is -1.11. The Hall–Kier alpha value is -1.92. The summed E-state index contributed by atoms with van der Waals surface area (Å²) < 4.78 is 13.7. The summed E-state index contributed by atoms with van der Waals surface area (Å²) in [5, 5.41) is 19.6. The SMILES string of the molecule is C[C@](O)(CNC(=O)N[C@@H]1C[C@H]1c1ccccc1F)c1ccsc1. The van der Waals surface area contributed by atoms with Crippen LogP contribution < -0.4 is 10.6 Å². The molecule has 0 unspecified atom stereocenters. The Kier molecular flexibility index (Phi) is 4.37. The molecule has 0 spiro atoms. The molecule has 3 N–H and O–H groups in total. The van der Waals surface area contributed by atoms with Gasteiger partial charge in [0, 0.05) is 12.0 Å². The van der Waals surface area contributed by atoms with Gasteiger partial charge < -0.3 is 15.7 Å². The summed E-state index contributed by atoms with van der Waals surface area (Å²) in [6, 6.07) is 8.07. The van der Waals surface area contributed by atoms with E-state index in [1.165, 1.54) is 17.4 Å². The molecule has 0 bridgehead atoms. The van der Waals surface area contributed by atoms with Crippen LogP contribution in [0.1, 0.15) is 30.4 Å². The van der Waals surface area contributed by atoms with Gasteiger partial charge in [-0.1, -0.05) is 18.2 Å². The molecule has 2 amide bonds. The molecule has 3 rings (SSSR count). The monoisotopic (exact) mass is 334 g/mol. The summed E-state index contributed by atoms with van der Waals surface area (Å²) in [4.78, 5) is 11.9. The molecule has 6 heteroatoms. The van der Waals surface area contributed by atoms with Gasteiger partial charge in [0.25, 0.3) is 0 Å². The van der Waals surface area contributed by atoms with E-state index in [2.05, 4.69) is 10.6 Å². The molecular formula is C17H19FN2O2S. The maximum absolute atomic E-state index is 13.7. The maximum Gasteiger partial charge on any atom is 0.315 e. The standard InChI is InChI=1S/C17H19FN2O2S/c1-17(22,11-6-7-23-9-11)10-19-16(21)20-15-8-13(15)12-4-2-3-5-14(12)18/h2-7,9,13,15,22H,8,10H2,1H3,(H2,19,20,21)/t13-,15+,17-/m0/s1. The fourth-order valence-corrected chi connectivity index (χ4v) is 3.40. The van der Waals surface area contributed by atoms with E-state index in [1.807, 2.05) is 16.8 Å². The first-order chi connectivity index (χ1) is 11.0. The molecule has 1 aromatic carbocycles. The second-order valence-corrected chi connectivity index (χ2v) is 6.86. The van der Waals surface area contributed by atoms with Crippen LogP contribution in [-0.4, -0.2) is 23.7 Å². The lowest BCUT2D eigenvalue weighted by Gasteiger charge is -2.22. The van der Waals surface area contributed by atoms with Crippen LogP contribution in [0.4, 0.5) is 9.18 Å². The lowest BCUT2D eigenvalue weighted by atomic mass is 9.99. The number of thiophene rings is 1. The van der Waals surface area contributed by atoms with Crippen molar-refractivity contribution in [1.29, 1.82) is 0 Å². The Balaban J connectivity index is 1.49. The molecule has 2 aromatic rings. The molecule has 122 valence electrons. The highest BCUT2D eigenvalue weighted by Gasteiger charge is 2.41. The third-order valence-corrected chi connectivity index (χ3v) is 4.83. The number of urea groups is 1. The van der Waals surface area contributed by atoms with Crippen LogP contribution in [-0.2, 0) is 5.60 Å². The zero-order valence-electron chi connectivity index (χ0n) is 12.8. The van der Waals surface area contributed by atoms with E-state index < -0.39 is 5.60 Å². The average Bonchev–Trinajstić information content (AvgIpc) is 3.03. The molecule has 1 aromatic heterocycles. The topological polar surface area (TPSA) is 61.4 Å². The zero-order chi connectivity index (χ0) is 16.4. The Morgan fingerprint density at radius 3 is 2.91 bits per heavy atom. The van der Waals surface area contributed by atoms with E-state index in [0.717, 1.165) is 12.0 Å². The number of hydrogen-bond donors (Lipinski definition) is 3. The van der Waals surface area contributed by atoms with Gasteiger partial charge in [-0.05, 0) is 47.4 Å². The molecule has 23 heavy (non-hydrogen) atoms. The number of amides is 2. The number of hydrogen-bond acceptors (Lipinski definition) is 3. The van der Waals surface area contributed by atoms with Gasteiger partial charge in [-0.3, -0.25) is 0 Å². The summed E-state index contributed by atoms with van der Waals surface area (Å²) in [6.07, 6.45) is 0.731. The summed E-state index contributed by atoms with van der Waals surface area (Å²) in [5.41, 5.74) is 0.313. The van der Waals surface area contributed by atoms with Gasteiger partial charge in [0.05, 0.1) is 6.54 Å². The van der Waals surface area contributed by atoms with Crippen LogP contribution in [0.25, 0.3) is 0 Å². The Morgan fingerprint density at radius 2 is 2.22 bits per heavy atom. The minimum Gasteiger partial charge on any atom is -0.384 e. The molecule has 0 aliphatic heterocycles. The molecule has 0 radical (unpaired) electrons. The fourth-order valence-electron chi connectivity index (χ4n) is 2.62. The second-order valence-electron chi connectivity index (χ2n) is 6.08. The first-order valence-corrected chi connectivity index (χ1v) is 8.45. The van der Waals surface area contributed by atoms with Crippen molar-refractivity contribution < 1.29 is 14.3 Å². The van der Waals surface area contributed by atoms with E-state index >= 15 is 0 Å². The summed E-state index contributed by atoms with van der Waals surface area (Å²) >= 11 is 1.50. The molecule has 4 nitrogen and oxygen atoms in total. The first kappa shape index (κ1) is 16.0. The Morgan fingerprint density at radius 1 is 1.43 bits per heavy atom. The molecule has 1 heterocycles. The highest BCUT2D eigenvalue weighted by molar-refractivity contribution is 7.08. The van der Waals surface area contributed by atoms with E-state index in [0.29, 0.717) is 5.56 Å². The second kappa shape index (κ2) is 6.29. The minimum absolute atomic E-state index is 0.0272. The molecule has 0 saturated heterocycles. The highest BCUT2D eigenvalue weighted by atomic mass is 32.1. The van der Waals surface area contributed by atoms with E-state index in [1.54, 1.807) is 25.1 Å². The Labute approximate surface area is 138 Å². The quantitative estimate of drug-likeness (QED) is 0.787. The van der Waals surface area contributed by atoms with Crippen molar-refractivity contribution in [1.82, 2.24) is 10.6 Å². The average molecular weight is 334 g/mol. The molecular weight excluding hydrogens is 315 g/mol. The number of nitrogens with one attached hydrogen (secondary N) is 2. The maximum atomic E-state index is 13.7.